The first-order chi connectivity index (χ1) is 14.8. The highest BCUT2D eigenvalue weighted by Crippen LogP contribution is 2.28. The fraction of sp³-hybridized carbons (Fsp3) is 0.250. The van der Waals surface area contributed by atoms with E-state index in [1.165, 1.54) is 22.3 Å². The van der Waals surface area contributed by atoms with Gasteiger partial charge in [0, 0.05) is 12.6 Å². The predicted molar refractivity (Wildman–Crippen MR) is 131 cm³/mol. The Kier molecular flexibility index (Phi) is 9.08. The van der Waals surface area contributed by atoms with E-state index in [-0.39, 0.29) is 5.91 Å². The lowest BCUT2D eigenvalue weighted by Gasteiger charge is -2.13. The molecule has 31 heavy (non-hydrogen) atoms. The van der Waals surface area contributed by atoms with Gasteiger partial charge in [-0.25, -0.2) is 0 Å². The number of rotatable bonds is 8. The molecule has 0 bridgehead atoms. The maximum atomic E-state index is 12.1. The summed E-state index contributed by atoms with van der Waals surface area (Å²) in [6.07, 6.45) is 11.8. The van der Waals surface area contributed by atoms with Crippen molar-refractivity contribution in [2.24, 2.45) is 0 Å². The quantitative estimate of drug-likeness (QED) is 0.400. The second-order valence-electron chi connectivity index (χ2n) is 7.75. The number of benzene rings is 2. The number of carbonyl (C=O) groups is 1. The number of hydrogen-bond acceptors (Lipinski definition) is 2. The van der Waals surface area contributed by atoms with E-state index in [9.17, 15) is 4.79 Å². The largest absolute Gasteiger partial charge is 0.496 e. The average molecular weight is 416 g/mol. The minimum atomic E-state index is -0.0903. The first-order valence-corrected chi connectivity index (χ1v) is 10.5. The van der Waals surface area contributed by atoms with Crippen LogP contribution in [0.25, 0.3) is 6.08 Å². The van der Waals surface area contributed by atoms with Crippen LogP contribution >= 0.6 is 0 Å². The van der Waals surface area contributed by atoms with Crippen LogP contribution in [0.5, 0.6) is 5.75 Å². The molecule has 0 aromatic heterocycles. The Labute approximate surface area is 186 Å². The predicted octanol–water partition coefficient (Wildman–Crippen LogP) is 6.40. The molecule has 0 radical (unpaired) electrons. The number of methoxy groups -OCH3 is 1. The summed E-state index contributed by atoms with van der Waals surface area (Å²) in [6.45, 7) is 10.8. The van der Waals surface area contributed by atoms with E-state index in [2.05, 4.69) is 51.2 Å². The molecule has 3 heteroatoms. The van der Waals surface area contributed by atoms with E-state index < -0.39 is 0 Å². The number of allylic oxidation sites excluding steroid dienone is 6. The molecule has 0 atom stereocenters. The Bertz CT molecular complexity index is 1020. The monoisotopic (exact) mass is 415 g/mol. The summed E-state index contributed by atoms with van der Waals surface area (Å²) in [5.74, 6) is 0.838. The zero-order valence-corrected chi connectivity index (χ0v) is 19.5. The number of hydrogen-bond donors (Lipinski definition) is 1. The van der Waals surface area contributed by atoms with Gasteiger partial charge in [0.05, 0.1) is 7.11 Å². The normalized spacial score (nSPS) is 12.6. The molecular weight excluding hydrogens is 382 g/mol. The molecule has 0 aliphatic carbocycles. The molecule has 0 fully saturated rings. The van der Waals surface area contributed by atoms with E-state index in [4.69, 9.17) is 4.74 Å². The SMILES string of the molecule is COc1cc(C)c(/C=C/C(C)=C/C=C/C(C)=C/C(=O)NCc2ccccc2)c(C)c1C. The van der Waals surface area contributed by atoms with Crippen LogP contribution in [0.1, 0.15) is 41.7 Å². The fourth-order valence-electron chi connectivity index (χ4n) is 3.25. The first-order valence-electron chi connectivity index (χ1n) is 10.5. The van der Waals surface area contributed by atoms with E-state index in [0.717, 1.165) is 22.5 Å². The van der Waals surface area contributed by atoms with Gasteiger partial charge in [-0.15, -0.1) is 0 Å². The molecule has 0 saturated heterocycles. The highest BCUT2D eigenvalue weighted by molar-refractivity contribution is 5.88. The van der Waals surface area contributed by atoms with Crippen LogP contribution in [0.2, 0.25) is 0 Å². The lowest BCUT2D eigenvalue weighted by Crippen LogP contribution is -2.20. The van der Waals surface area contributed by atoms with E-state index in [1.54, 1.807) is 13.2 Å². The van der Waals surface area contributed by atoms with Crippen molar-refractivity contribution in [1.82, 2.24) is 5.32 Å². The van der Waals surface area contributed by atoms with Gasteiger partial charge < -0.3 is 10.1 Å². The van der Waals surface area contributed by atoms with Crippen molar-refractivity contribution >= 4 is 12.0 Å². The third-order valence-corrected chi connectivity index (χ3v) is 5.23. The smallest absolute Gasteiger partial charge is 0.244 e. The lowest BCUT2D eigenvalue weighted by molar-refractivity contribution is -0.116. The van der Waals surface area contributed by atoms with Gasteiger partial charge in [-0.1, -0.05) is 66.3 Å². The highest BCUT2D eigenvalue weighted by atomic mass is 16.5. The van der Waals surface area contributed by atoms with E-state index in [0.29, 0.717) is 6.54 Å². The number of aryl methyl sites for hydroxylation is 1. The molecule has 0 spiro atoms. The van der Waals surface area contributed by atoms with Crippen molar-refractivity contribution in [3.05, 3.63) is 106 Å². The molecule has 2 aromatic rings. The summed E-state index contributed by atoms with van der Waals surface area (Å²) in [7, 11) is 1.71. The van der Waals surface area contributed by atoms with Crippen LogP contribution < -0.4 is 10.1 Å². The molecule has 0 heterocycles. The molecular formula is C28H33NO2. The molecule has 1 N–H and O–H groups in total. The zero-order chi connectivity index (χ0) is 22.8. The van der Waals surface area contributed by atoms with Crippen molar-refractivity contribution in [2.45, 2.75) is 41.2 Å². The molecule has 162 valence electrons. The Morgan fingerprint density at radius 2 is 1.71 bits per heavy atom. The van der Waals surface area contributed by atoms with Gasteiger partial charge in [0.1, 0.15) is 5.75 Å². The van der Waals surface area contributed by atoms with Crippen molar-refractivity contribution in [2.75, 3.05) is 7.11 Å². The van der Waals surface area contributed by atoms with Gasteiger partial charge in [-0.3, -0.25) is 4.79 Å². The molecule has 0 aliphatic heterocycles. The summed E-state index contributed by atoms with van der Waals surface area (Å²) in [5.41, 5.74) is 7.93. The topological polar surface area (TPSA) is 38.3 Å². The van der Waals surface area contributed by atoms with Gasteiger partial charge in [0.25, 0.3) is 0 Å². The molecule has 0 unspecified atom stereocenters. The van der Waals surface area contributed by atoms with Gasteiger partial charge in [-0.05, 0) is 74.1 Å². The summed E-state index contributed by atoms with van der Waals surface area (Å²) in [6, 6.07) is 12.0. The van der Waals surface area contributed by atoms with Crippen LogP contribution in [0, 0.1) is 20.8 Å². The van der Waals surface area contributed by atoms with Gasteiger partial charge in [0.2, 0.25) is 5.91 Å². The molecule has 2 rings (SSSR count). The third kappa shape index (κ3) is 7.45. The zero-order valence-electron chi connectivity index (χ0n) is 19.5. The number of carbonyl (C=O) groups excluding carboxylic acids is 1. The fourth-order valence-corrected chi connectivity index (χ4v) is 3.25. The average Bonchev–Trinajstić information content (AvgIpc) is 2.75. The maximum absolute atomic E-state index is 12.1. The number of nitrogens with one attached hydrogen (secondary N) is 1. The second-order valence-corrected chi connectivity index (χ2v) is 7.75. The minimum Gasteiger partial charge on any atom is -0.496 e. The van der Waals surface area contributed by atoms with Crippen molar-refractivity contribution < 1.29 is 9.53 Å². The summed E-state index contributed by atoms with van der Waals surface area (Å²) >= 11 is 0. The molecule has 0 saturated carbocycles. The van der Waals surface area contributed by atoms with Gasteiger partial charge in [-0.2, -0.15) is 0 Å². The van der Waals surface area contributed by atoms with Crippen LogP contribution in [-0.4, -0.2) is 13.0 Å². The molecule has 3 nitrogen and oxygen atoms in total. The third-order valence-electron chi connectivity index (χ3n) is 5.23. The van der Waals surface area contributed by atoms with Gasteiger partial charge in [0.15, 0.2) is 0 Å². The number of ether oxygens (including phenoxy) is 1. The minimum absolute atomic E-state index is 0.0903. The summed E-state index contributed by atoms with van der Waals surface area (Å²) < 4.78 is 5.45. The van der Waals surface area contributed by atoms with Gasteiger partial charge >= 0.3 is 0 Å². The maximum Gasteiger partial charge on any atom is 0.244 e. The van der Waals surface area contributed by atoms with E-state index in [1.807, 2.05) is 55.5 Å². The number of amides is 1. The van der Waals surface area contributed by atoms with Crippen LogP contribution in [0.15, 0.2) is 77.9 Å². The molecule has 2 aromatic carbocycles. The second kappa shape index (κ2) is 11.8. The molecule has 0 aliphatic rings. The van der Waals surface area contributed by atoms with E-state index >= 15 is 0 Å². The van der Waals surface area contributed by atoms with Crippen molar-refractivity contribution in [3.8, 4) is 5.75 Å². The van der Waals surface area contributed by atoms with Crippen LogP contribution in [-0.2, 0) is 11.3 Å². The van der Waals surface area contributed by atoms with Crippen LogP contribution in [0.4, 0.5) is 0 Å². The Morgan fingerprint density at radius 1 is 1.00 bits per heavy atom. The first kappa shape index (κ1) is 23.9. The highest BCUT2D eigenvalue weighted by Gasteiger charge is 2.08. The molecule has 1 amide bonds. The standard InChI is InChI=1S/C28H33NO2/c1-20(15-16-26-22(3)18-27(31-6)24(5)23(26)4)11-10-12-21(2)17-28(30)29-19-25-13-8-7-9-14-25/h7-18H,19H2,1-6H3,(H,29,30)/b12-10+,16-15+,20-11+,21-17+. The summed E-state index contributed by atoms with van der Waals surface area (Å²) in [5, 5.41) is 2.91. The lowest BCUT2D eigenvalue weighted by atomic mass is 9.96. The Morgan fingerprint density at radius 3 is 2.39 bits per heavy atom. The Balaban J connectivity index is 1.97. The summed E-state index contributed by atoms with van der Waals surface area (Å²) in [4.78, 5) is 12.1. The van der Waals surface area contributed by atoms with Crippen molar-refractivity contribution in [1.29, 1.82) is 0 Å². The van der Waals surface area contributed by atoms with Crippen molar-refractivity contribution in [3.63, 3.8) is 0 Å². The Hall–Kier alpha value is -3.33. The van der Waals surface area contributed by atoms with Crippen LogP contribution in [0.3, 0.4) is 0 Å².